The number of nitrogens with one attached hydrogen (secondary N) is 3. The number of H-pyrrole nitrogens is 1. The van der Waals surface area contributed by atoms with Crippen LogP contribution in [0.2, 0.25) is 5.02 Å². The van der Waals surface area contributed by atoms with Crippen molar-refractivity contribution in [2.45, 2.75) is 6.04 Å². The van der Waals surface area contributed by atoms with Gasteiger partial charge in [-0.1, -0.05) is 41.9 Å². The molecule has 1 aromatic heterocycles. The molecule has 4 aromatic rings. The molecule has 1 heterocycles. The maximum absolute atomic E-state index is 13.2. The van der Waals surface area contributed by atoms with Crippen LogP contribution in [0.1, 0.15) is 17.2 Å². The topological polar surface area (TPSA) is 83.2 Å². The summed E-state index contributed by atoms with van der Waals surface area (Å²) in [6, 6.07) is 20.3. The molecule has 0 radical (unpaired) electrons. The lowest BCUT2D eigenvalue weighted by Crippen LogP contribution is -2.35. The van der Waals surface area contributed by atoms with Crippen LogP contribution >= 0.6 is 11.6 Å². The van der Waals surface area contributed by atoms with Gasteiger partial charge in [-0.2, -0.15) is 0 Å². The number of pyridine rings is 1. The number of anilines is 1. The first-order valence-electron chi connectivity index (χ1n) is 9.62. The first-order valence-corrected chi connectivity index (χ1v) is 10.0. The average Bonchev–Trinajstić information content (AvgIpc) is 2.79. The molecule has 0 aliphatic carbocycles. The Balaban J connectivity index is 1.67. The van der Waals surface area contributed by atoms with E-state index in [1.807, 2.05) is 30.3 Å². The third-order valence-electron chi connectivity index (χ3n) is 4.94. The molecule has 1 atom stereocenters. The minimum Gasteiger partial charge on any atom is -0.497 e. The summed E-state index contributed by atoms with van der Waals surface area (Å²) in [6.07, 6.45) is 1.62. The molecule has 1 unspecified atom stereocenters. The van der Waals surface area contributed by atoms with Gasteiger partial charge in [-0.25, -0.2) is 4.79 Å². The van der Waals surface area contributed by atoms with Gasteiger partial charge in [0.05, 0.1) is 18.7 Å². The van der Waals surface area contributed by atoms with Crippen molar-refractivity contribution in [3.8, 4) is 5.75 Å². The number of hydrogen-bond acceptors (Lipinski definition) is 3. The SMILES string of the molecule is COc1ccc(NC(=O)NC(c2ccccc2)c2c[nH]c3cc(Cl)ccc3c2=O)cc1. The molecular formula is C24H20ClN3O3. The van der Waals surface area contributed by atoms with Crippen LogP contribution in [0.3, 0.4) is 0 Å². The number of amides is 2. The zero-order chi connectivity index (χ0) is 21.8. The zero-order valence-corrected chi connectivity index (χ0v) is 17.4. The van der Waals surface area contributed by atoms with Crippen LogP contribution in [0.25, 0.3) is 10.9 Å². The predicted molar refractivity (Wildman–Crippen MR) is 123 cm³/mol. The Labute approximate surface area is 183 Å². The molecule has 0 saturated heterocycles. The highest BCUT2D eigenvalue weighted by Gasteiger charge is 2.21. The maximum atomic E-state index is 13.2. The number of urea groups is 1. The Hall–Kier alpha value is -3.77. The predicted octanol–water partition coefficient (Wildman–Crippen LogP) is 5.10. The standard InChI is InChI=1S/C24H20ClN3O3/c1-31-18-10-8-17(9-11-18)27-24(30)28-22(15-5-3-2-4-6-15)20-14-26-21-13-16(25)7-12-19(21)23(20)29/h2-14,22H,1H3,(H,26,29)(H2,27,28,30). The minimum absolute atomic E-state index is 0.177. The van der Waals surface area contributed by atoms with Gasteiger partial charge in [0, 0.05) is 27.9 Å². The highest BCUT2D eigenvalue weighted by atomic mass is 35.5. The van der Waals surface area contributed by atoms with Crippen LogP contribution in [0.5, 0.6) is 5.75 Å². The molecular weight excluding hydrogens is 414 g/mol. The zero-order valence-electron chi connectivity index (χ0n) is 16.7. The van der Waals surface area contributed by atoms with Crippen LogP contribution in [0.15, 0.2) is 83.8 Å². The third-order valence-corrected chi connectivity index (χ3v) is 5.17. The van der Waals surface area contributed by atoms with Gasteiger partial charge in [-0.3, -0.25) is 4.79 Å². The van der Waals surface area contributed by atoms with Gasteiger partial charge in [0.1, 0.15) is 5.75 Å². The van der Waals surface area contributed by atoms with Crippen molar-refractivity contribution in [3.05, 3.63) is 105 Å². The molecule has 0 saturated carbocycles. The van der Waals surface area contributed by atoms with Gasteiger partial charge in [-0.15, -0.1) is 0 Å². The number of benzene rings is 3. The van der Waals surface area contributed by atoms with E-state index in [4.69, 9.17) is 16.3 Å². The molecule has 156 valence electrons. The second-order valence-electron chi connectivity index (χ2n) is 6.93. The van der Waals surface area contributed by atoms with Gasteiger partial charge in [0.15, 0.2) is 5.43 Å². The third kappa shape index (κ3) is 4.54. The van der Waals surface area contributed by atoms with Crippen molar-refractivity contribution in [2.24, 2.45) is 0 Å². The van der Waals surface area contributed by atoms with E-state index in [-0.39, 0.29) is 5.43 Å². The molecule has 0 fully saturated rings. The van der Waals surface area contributed by atoms with E-state index in [0.717, 1.165) is 5.56 Å². The summed E-state index contributed by atoms with van der Waals surface area (Å²) in [5.41, 5.74) is 2.27. The van der Waals surface area contributed by atoms with Gasteiger partial charge in [0.25, 0.3) is 0 Å². The summed E-state index contributed by atoms with van der Waals surface area (Å²) in [4.78, 5) is 29.1. The number of carbonyl (C=O) groups is 1. The largest absolute Gasteiger partial charge is 0.497 e. The van der Waals surface area contributed by atoms with E-state index >= 15 is 0 Å². The van der Waals surface area contributed by atoms with Crippen molar-refractivity contribution in [3.63, 3.8) is 0 Å². The lowest BCUT2D eigenvalue weighted by molar-refractivity contribution is 0.250. The van der Waals surface area contributed by atoms with Crippen molar-refractivity contribution >= 4 is 34.2 Å². The Morgan fingerprint density at radius 2 is 1.77 bits per heavy atom. The number of carbonyl (C=O) groups excluding carboxylic acids is 1. The maximum Gasteiger partial charge on any atom is 0.319 e. The van der Waals surface area contributed by atoms with Crippen LogP contribution in [0.4, 0.5) is 10.5 Å². The Kier molecular flexibility index (Phi) is 5.91. The monoisotopic (exact) mass is 433 g/mol. The number of aromatic nitrogens is 1. The van der Waals surface area contributed by atoms with E-state index in [2.05, 4.69) is 15.6 Å². The molecule has 3 aromatic carbocycles. The molecule has 0 aliphatic heterocycles. The summed E-state index contributed by atoms with van der Waals surface area (Å²) >= 11 is 6.04. The van der Waals surface area contributed by atoms with Crippen LogP contribution in [-0.4, -0.2) is 18.1 Å². The number of rotatable bonds is 5. The first-order chi connectivity index (χ1) is 15.0. The lowest BCUT2D eigenvalue weighted by atomic mass is 9.98. The second-order valence-corrected chi connectivity index (χ2v) is 7.37. The summed E-state index contributed by atoms with van der Waals surface area (Å²) in [5, 5.41) is 6.74. The minimum atomic E-state index is -0.650. The summed E-state index contributed by atoms with van der Waals surface area (Å²) in [7, 11) is 1.58. The molecule has 6 nitrogen and oxygen atoms in total. The van der Waals surface area contributed by atoms with E-state index in [9.17, 15) is 9.59 Å². The van der Waals surface area contributed by atoms with Gasteiger partial charge < -0.3 is 20.4 Å². The Morgan fingerprint density at radius 1 is 1.03 bits per heavy atom. The van der Waals surface area contributed by atoms with Crippen LogP contribution in [0, 0.1) is 0 Å². The van der Waals surface area contributed by atoms with Gasteiger partial charge in [0.2, 0.25) is 0 Å². The second kappa shape index (κ2) is 8.93. The molecule has 0 bridgehead atoms. The molecule has 4 rings (SSSR count). The van der Waals surface area contributed by atoms with Gasteiger partial charge in [-0.05, 0) is 48.0 Å². The normalized spacial score (nSPS) is 11.7. The van der Waals surface area contributed by atoms with Crippen molar-refractivity contribution in [2.75, 3.05) is 12.4 Å². The fourth-order valence-corrected chi connectivity index (χ4v) is 3.56. The van der Waals surface area contributed by atoms with Crippen molar-refractivity contribution < 1.29 is 9.53 Å². The number of aromatic amines is 1. The highest BCUT2D eigenvalue weighted by molar-refractivity contribution is 6.31. The number of fused-ring (bicyclic) bond motifs is 1. The number of ether oxygens (including phenoxy) is 1. The molecule has 2 amide bonds. The van der Waals surface area contributed by atoms with Crippen LogP contribution < -0.4 is 20.8 Å². The first kappa shape index (κ1) is 20.5. The molecule has 0 aliphatic rings. The summed E-state index contributed by atoms with van der Waals surface area (Å²) in [6.45, 7) is 0. The van der Waals surface area contributed by atoms with E-state index in [0.29, 0.717) is 32.9 Å². The number of methoxy groups -OCH3 is 1. The fourth-order valence-electron chi connectivity index (χ4n) is 3.38. The van der Waals surface area contributed by atoms with Crippen LogP contribution in [-0.2, 0) is 0 Å². The number of hydrogen-bond donors (Lipinski definition) is 3. The summed E-state index contributed by atoms with van der Waals surface area (Å²) in [5.74, 6) is 0.691. The van der Waals surface area contributed by atoms with E-state index in [1.165, 1.54) is 0 Å². The number of halogens is 1. The Morgan fingerprint density at radius 3 is 2.48 bits per heavy atom. The quantitative estimate of drug-likeness (QED) is 0.409. The van der Waals surface area contributed by atoms with Crippen molar-refractivity contribution in [1.82, 2.24) is 10.3 Å². The molecule has 31 heavy (non-hydrogen) atoms. The smallest absolute Gasteiger partial charge is 0.319 e. The molecule has 3 N–H and O–H groups in total. The Bertz CT molecular complexity index is 1270. The summed E-state index contributed by atoms with van der Waals surface area (Å²) < 4.78 is 5.14. The van der Waals surface area contributed by atoms with Gasteiger partial charge >= 0.3 is 6.03 Å². The van der Waals surface area contributed by atoms with E-state index in [1.54, 1.807) is 55.8 Å². The lowest BCUT2D eigenvalue weighted by Gasteiger charge is -2.20. The average molecular weight is 434 g/mol. The van der Waals surface area contributed by atoms with E-state index < -0.39 is 12.1 Å². The molecule has 0 spiro atoms. The highest BCUT2D eigenvalue weighted by Crippen LogP contribution is 2.23. The van der Waals surface area contributed by atoms with Crippen molar-refractivity contribution in [1.29, 1.82) is 0 Å². The fraction of sp³-hybridized carbons (Fsp3) is 0.0833. The molecule has 7 heteroatoms.